The summed E-state index contributed by atoms with van der Waals surface area (Å²) in [6.07, 6.45) is -13.3. The first kappa shape index (κ1) is 23.5. The Kier molecular flexibility index (Phi) is 7.35. The molecule has 0 radical (unpaired) electrons. The molecular formula is C20H19F6NO3. The van der Waals surface area contributed by atoms with Crippen LogP contribution in [0.2, 0.25) is 0 Å². The lowest BCUT2D eigenvalue weighted by Gasteiger charge is -2.25. The second kappa shape index (κ2) is 9.38. The molecule has 0 aromatic heterocycles. The molecule has 0 saturated carbocycles. The number of anilines is 1. The predicted octanol–water partition coefficient (Wildman–Crippen LogP) is 5.35. The number of hydrogen-bond acceptors (Lipinski definition) is 4. The minimum atomic E-state index is -4.95. The van der Waals surface area contributed by atoms with E-state index in [0.29, 0.717) is 0 Å². The Bertz CT molecular complexity index is 866. The molecule has 2 N–H and O–H groups in total. The van der Waals surface area contributed by atoms with E-state index in [2.05, 4.69) is 5.32 Å². The summed E-state index contributed by atoms with van der Waals surface area (Å²) in [5.74, 6) is -0.660. The molecule has 0 aliphatic heterocycles. The fraction of sp³-hybridized carbons (Fsp3) is 0.350. The van der Waals surface area contributed by atoms with Crippen molar-refractivity contribution in [3.63, 3.8) is 0 Å². The van der Waals surface area contributed by atoms with Crippen molar-refractivity contribution >= 4 is 11.7 Å². The molecule has 4 nitrogen and oxygen atoms in total. The van der Waals surface area contributed by atoms with Crippen LogP contribution in [0, 0.1) is 0 Å². The number of ether oxygens (including phenoxy) is 1. The van der Waals surface area contributed by atoms with Crippen LogP contribution in [0.15, 0.2) is 48.5 Å². The lowest BCUT2D eigenvalue weighted by Crippen LogP contribution is -2.32. The van der Waals surface area contributed by atoms with Gasteiger partial charge >= 0.3 is 18.3 Å². The van der Waals surface area contributed by atoms with E-state index in [4.69, 9.17) is 4.74 Å². The second-order valence-electron chi connectivity index (χ2n) is 6.41. The van der Waals surface area contributed by atoms with Gasteiger partial charge in [-0.05, 0) is 42.8 Å². The normalized spacial score (nSPS) is 14.1. The molecule has 10 heteroatoms. The van der Waals surface area contributed by atoms with Crippen LogP contribution < -0.4 is 5.32 Å². The first-order valence-corrected chi connectivity index (χ1v) is 8.87. The highest BCUT2D eigenvalue weighted by molar-refractivity contribution is 5.90. The molecule has 0 bridgehead atoms. The van der Waals surface area contributed by atoms with Crippen molar-refractivity contribution in [3.05, 3.63) is 65.2 Å². The molecule has 0 fully saturated rings. The van der Waals surface area contributed by atoms with E-state index in [-0.39, 0.29) is 23.4 Å². The SMILES string of the molecule is CCOC(=O)c1cccc(NC(CC(O)C(F)(F)F)c2cccc(C(F)(F)F)c2)c1. The maximum atomic E-state index is 13.0. The molecule has 0 heterocycles. The van der Waals surface area contributed by atoms with Gasteiger partial charge in [-0.3, -0.25) is 0 Å². The number of nitrogens with one attached hydrogen (secondary N) is 1. The quantitative estimate of drug-likeness (QED) is 0.455. The zero-order valence-electron chi connectivity index (χ0n) is 15.7. The van der Waals surface area contributed by atoms with Crippen LogP contribution in [-0.2, 0) is 10.9 Å². The van der Waals surface area contributed by atoms with Crippen LogP contribution in [0.1, 0.15) is 40.9 Å². The van der Waals surface area contributed by atoms with Gasteiger partial charge in [0.1, 0.15) is 0 Å². The predicted molar refractivity (Wildman–Crippen MR) is 96.9 cm³/mol. The van der Waals surface area contributed by atoms with Gasteiger partial charge in [0.05, 0.1) is 23.8 Å². The molecule has 0 saturated heterocycles. The Hall–Kier alpha value is -2.75. The van der Waals surface area contributed by atoms with Gasteiger partial charge in [-0.15, -0.1) is 0 Å². The number of alkyl halides is 6. The molecule has 30 heavy (non-hydrogen) atoms. The molecule has 2 rings (SSSR count). The maximum Gasteiger partial charge on any atom is 0.416 e. The van der Waals surface area contributed by atoms with E-state index >= 15 is 0 Å². The summed E-state index contributed by atoms with van der Waals surface area (Å²) in [5, 5.41) is 12.2. The van der Waals surface area contributed by atoms with Gasteiger partial charge in [-0.25, -0.2) is 4.79 Å². The molecule has 2 aromatic rings. The van der Waals surface area contributed by atoms with E-state index in [0.717, 1.165) is 18.2 Å². The third-order valence-electron chi connectivity index (χ3n) is 4.17. The lowest BCUT2D eigenvalue weighted by atomic mass is 9.97. The molecule has 0 spiro atoms. The Labute approximate surface area is 168 Å². The number of aliphatic hydroxyl groups excluding tert-OH is 1. The molecule has 2 aromatic carbocycles. The summed E-state index contributed by atoms with van der Waals surface area (Å²) in [4.78, 5) is 11.9. The van der Waals surface area contributed by atoms with Gasteiger partial charge < -0.3 is 15.2 Å². The number of hydrogen-bond donors (Lipinski definition) is 2. The van der Waals surface area contributed by atoms with Crippen molar-refractivity contribution in [2.75, 3.05) is 11.9 Å². The van der Waals surface area contributed by atoms with E-state index < -0.39 is 42.5 Å². The molecule has 2 unspecified atom stereocenters. The average Bonchev–Trinajstić information content (AvgIpc) is 2.66. The Balaban J connectivity index is 2.38. The largest absolute Gasteiger partial charge is 0.462 e. The van der Waals surface area contributed by atoms with Crippen molar-refractivity contribution in [1.29, 1.82) is 0 Å². The fourth-order valence-electron chi connectivity index (χ4n) is 2.72. The van der Waals surface area contributed by atoms with Crippen molar-refractivity contribution in [3.8, 4) is 0 Å². The minimum absolute atomic E-state index is 0.102. The summed E-state index contributed by atoms with van der Waals surface area (Å²) in [6.45, 7) is 1.71. The van der Waals surface area contributed by atoms with Crippen molar-refractivity contribution < 1.29 is 41.0 Å². The van der Waals surface area contributed by atoms with Crippen LogP contribution in [0.25, 0.3) is 0 Å². The van der Waals surface area contributed by atoms with Gasteiger partial charge in [0.25, 0.3) is 0 Å². The van der Waals surface area contributed by atoms with Crippen LogP contribution in [0.5, 0.6) is 0 Å². The van der Waals surface area contributed by atoms with Crippen LogP contribution in [-0.4, -0.2) is 30.0 Å². The molecule has 2 atom stereocenters. The lowest BCUT2D eigenvalue weighted by molar-refractivity contribution is -0.206. The van der Waals surface area contributed by atoms with Crippen LogP contribution in [0.3, 0.4) is 0 Å². The molecule has 0 amide bonds. The number of carbonyl (C=O) groups is 1. The Morgan fingerprint density at radius 1 is 1.07 bits per heavy atom. The summed E-state index contributed by atoms with van der Waals surface area (Å²) in [6, 6.07) is 8.10. The Morgan fingerprint density at radius 3 is 2.33 bits per heavy atom. The van der Waals surface area contributed by atoms with Crippen molar-refractivity contribution in [2.45, 2.75) is 37.8 Å². The first-order chi connectivity index (χ1) is 13.9. The fourth-order valence-corrected chi connectivity index (χ4v) is 2.72. The number of benzene rings is 2. The minimum Gasteiger partial charge on any atom is -0.462 e. The smallest absolute Gasteiger partial charge is 0.416 e. The number of halogens is 6. The summed E-state index contributed by atoms with van der Waals surface area (Å²) in [5.41, 5.74) is -0.846. The molecule has 0 aliphatic rings. The van der Waals surface area contributed by atoms with E-state index in [1.807, 2.05) is 0 Å². The Morgan fingerprint density at radius 2 is 1.73 bits per heavy atom. The monoisotopic (exact) mass is 435 g/mol. The highest BCUT2D eigenvalue weighted by Gasteiger charge is 2.40. The molecule has 164 valence electrons. The van der Waals surface area contributed by atoms with Gasteiger partial charge in [-0.2, -0.15) is 26.3 Å². The summed E-state index contributed by atoms with van der Waals surface area (Å²) < 4.78 is 82.5. The van der Waals surface area contributed by atoms with E-state index in [9.17, 15) is 36.2 Å². The van der Waals surface area contributed by atoms with E-state index in [1.54, 1.807) is 6.92 Å². The van der Waals surface area contributed by atoms with Gasteiger partial charge in [0.2, 0.25) is 0 Å². The van der Waals surface area contributed by atoms with Crippen molar-refractivity contribution in [1.82, 2.24) is 0 Å². The third-order valence-corrected chi connectivity index (χ3v) is 4.17. The average molecular weight is 435 g/mol. The van der Waals surface area contributed by atoms with Crippen molar-refractivity contribution in [2.24, 2.45) is 0 Å². The molecular weight excluding hydrogens is 416 g/mol. The number of esters is 1. The third kappa shape index (κ3) is 6.38. The van der Waals surface area contributed by atoms with E-state index in [1.165, 1.54) is 30.3 Å². The standard InChI is InChI=1S/C20H19F6NO3/c1-2-30-18(29)13-6-4-8-15(10-13)27-16(11-17(28)20(24,25)26)12-5-3-7-14(9-12)19(21,22)23/h3-10,16-17,27-28H,2,11H2,1H3. The summed E-state index contributed by atoms with van der Waals surface area (Å²) >= 11 is 0. The topological polar surface area (TPSA) is 58.6 Å². The zero-order chi connectivity index (χ0) is 22.5. The summed E-state index contributed by atoms with van der Waals surface area (Å²) in [7, 11) is 0. The number of aliphatic hydroxyl groups is 1. The maximum absolute atomic E-state index is 13.0. The van der Waals surface area contributed by atoms with Gasteiger partial charge in [-0.1, -0.05) is 18.2 Å². The van der Waals surface area contributed by atoms with Crippen LogP contribution in [0.4, 0.5) is 32.0 Å². The van der Waals surface area contributed by atoms with Gasteiger partial charge in [0, 0.05) is 12.1 Å². The van der Waals surface area contributed by atoms with Gasteiger partial charge in [0.15, 0.2) is 6.10 Å². The number of rotatable bonds is 7. The highest BCUT2D eigenvalue weighted by atomic mass is 19.4. The molecule has 0 aliphatic carbocycles. The van der Waals surface area contributed by atoms with Crippen LogP contribution >= 0.6 is 0 Å². The zero-order valence-corrected chi connectivity index (χ0v) is 15.7. The second-order valence-corrected chi connectivity index (χ2v) is 6.41. The first-order valence-electron chi connectivity index (χ1n) is 8.87. The number of carbonyl (C=O) groups excluding carboxylic acids is 1. The highest BCUT2D eigenvalue weighted by Crippen LogP contribution is 2.34.